The molecule has 0 saturated heterocycles. The summed E-state index contributed by atoms with van der Waals surface area (Å²) in [7, 11) is 3.89. The van der Waals surface area contributed by atoms with Crippen LogP contribution in [-0.2, 0) is 0 Å². The molecule has 5 heteroatoms. The van der Waals surface area contributed by atoms with E-state index in [1.54, 1.807) is 12.3 Å². The van der Waals surface area contributed by atoms with Crippen molar-refractivity contribution >= 4 is 16.9 Å². The van der Waals surface area contributed by atoms with Crippen LogP contribution in [0.15, 0.2) is 57.6 Å². The fourth-order valence-electron chi connectivity index (χ4n) is 2.39. The lowest BCUT2D eigenvalue weighted by atomic mass is 10.2. The van der Waals surface area contributed by atoms with Crippen LogP contribution in [0.2, 0.25) is 0 Å². The molecular formula is C17H18N2O3. The van der Waals surface area contributed by atoms with Gasteiger partial charge in [0.15, 0.2) is 5.76 Å². The van der Waals surface area contributed by atoms with Crippen molar-refractivity contribution in [3.8, 4) is 0 Å². The Labute approximate surface area is 128 Å². The van der Waals surface area contributed by atoms with E-state index in [1.807, 2.05) is 55.4 Å². The van der Waals surface area contributed by atoms with Crippen molar-refractivity contribution in [3.63, 3.8) is 0 Å². The topological polar surface area (TPSA) is 58.6 Å². The van der Waals surface area contributed by atoms with Gasteiger partial charge in [0, 0.05) is 11.9 Å². The number of nitrogens with one attached hydrogen (secondary N) is 1. The molecule has 0 radical (unpaired) electrons. The van der Waals surface area contributed by atoms with E-state index in [1.165, 1.54) is 0 Å². The first-order chi connectivity index (χ1) is 10.6. The van der Waals surface area contributed by atoms with E-state index >= 15 is 0 Å². The van der Waals surface area contributed by atoms with E-state index in [2.05, 4.69) is 5.32 Å². The summed E-state index contributed by atoms with van der Waals surface area (Å²) in [6.07, 6.45) is 1.63. The van der Waals surface area contributed by atoms with Gasteiger partial charge in [-0.05, 0) is 38.4 Å². The third-order valence-electron chi connectivity index (χ3n) is 3.60. The highest BCUT2D eigenvalue weighted by atomic mass is 16.3. The first-order valence-corrected chi connectivity index (χ1v) is 7.12. The molecule has 1 atom stereocenters. The molecule has 5 nitrogen and oxygen atoms in total. The normalized spacial score (nSPS) is 12.7. The van der Waals surface area contributed by atoms with Crippen LogP contribution in [0.1, 0.15) is 22.4 Å². The van der Waals surface area contributed by atoms with Crippen LogP contribution in [0.4, 0.5) is 0 Å². The average Bonchev–Trinajstić information content (AvgIpc) is 3.16. The molecule has 1 N–H and O–H groups in total. The number of amides is 1. The number of hydrogen-bond donors (Lipinski definition) is 1. The zero-order valence-corrected chi connectivity index (χ0v) is 12.6. The first-order valence-electron chi connectivity index (χ1n) is 7.12. The molecular weight excluding hydrogens is 280 g/mol. The Balaban J connectivity index is 1.71. The van der Waals surface area contributed by atoms with Crippen LogP contribution in [0, 0.1) is 0 Å². The summed E-state index contributed by atoms with van der Waals surface area (Å²) in [5.41, 5.74) is 0.711. The summed E-state index contributed by atoms with van der Waals surface area (Å²) in [5.74, 6) is 0.905. The zero-order valence-electron chi connectivity index (χ0n) is 12.6. The van der Waals surface area contributed by atoms with Crippen molar-refractivity contribution in [2.45, 2.75) is 6.04 Å². The van der Waals surface area contributed by atoms with Crippen molar-refractivity contribution in [1.82, 2.24) is 10.2 Å². The largest absolute Gasteiger partial charge is 0.468 e. The lowest BCUT2D eigenvalue weighted by Crippen LogP contribution is -2.34. The molecule has 0 saturated carbocycles. The highest BCUT2D eigenvalue weighted by Crippen LogP contribution is 2.20. The van der Waals surface area contributed by atoms with Gasteiger partial charge in [-0.15, -0.1) is 0 Å². The number of hydrogen-bond acceptors (Lipinski definition) is 4. The molecule has 22 heavy (non-hydrogen) atoms. The third-order valence-corrected chi connectivity index (χ3v) is 3.60. The number of para-hydroxylation sites is 1. The highest BCUT2D eigenvalue weighted by molar-refractivity contribution is 5.96. The number of benzene rings is 1. The summed E-state index contributed by atoms with van der Waals surface area (Å²) < 4.78 is 11.0. The Kier molecular flexibility index (Phi) is 3.98. The van der Waals surface area contributed by atoms with Crippen molar-refractivity contribution < 1.29 is 13.6 Å². The van der Waals surface area contributed by atoms with Gasteiger partial charge < -0.3 is 14.2 Å². The van der Waals surface area contributed by atoms with E-state index in [4.69, 9.17) is 8.83 Å². The highest BCUT2D eigenvalue weighted by Gasteiger charge is 2.19. The summed E-state index contributed by atoms with van der Waals surface area (Å²) in [5, 5.41) is 3.81. The predicted molar refractivity (Wildman–Crippen MR) is 83.7 cm³/mol. The molecule has 2 aromatic heterocycles. The standard InChI is InChI=1S/C17H18N2O3/c1-19(2)13(15-8-5-9-21-15)11-18-17(20)16-10-12-6-3-4-7-14(12)22-16/h3-10,13H,11H2,1-2H3,(H,18,20)/t13-/m0/s1. The molecule has 0 unspecified atom stereocenters. The molecule has 2 heterocycles. The van der Waals surface area contributed by atoms with E-state index in [0.29, 0.717) is 17.9 Å². The van der Waals surface area contributed by atoms with Crippen LogP contribution >= 0.6 is 0 Å². The number of furan rings is 2. The van der Waals surface area contributed by atoms with E-state index < -0.39 is 0 Å². The quantitative estimate of drug-likeness (QED) is 0.786. The molecule has 0 aliphatic heterocycles. The van der Waals surface area contributed by atoms with E-state index in [-0.39, 0.29) is 11.9 Å². The van der Waals surface area contributed by atoms with Crippen LogP contribution in [-0.4, -0.2) is 31.4 Å². The predicted octanol–water partition coefficient (Wildman–Crippen LogP) is 3.06. The van der Waals surface area contributed by atoms with Crippen LogP contribution in [0.25, 0.3) is 11.0 Å². The molecule has 1 amide bonds. The maximum atomic E-state index is 12.3. The second-order valence-electron chi connectivity index (χ2n) is 5.35. The fraction of sp³-hybridized carbons (Fsp3) is 0.235. The summed E-state index contributed by atoms with van der Waals surface area (Å²) >= 11 is 0. The smallest absolute Gasteiger partial charge is 0.287 e. The van der Waals surface area contributed by atoms with Crippen molar-refractivity contribution in [2.75, 3.05) is 20.6 Å². The minimum atomic E-state index is -0.227. The second kappa shape index (κ2) is 6.07. The van der Waals surface area contributed by atoms with Crippen LogP contribution in [0.3, 0.4) is 0 Å². The molecule has 114 valence electrons. The SMILES string of the molecule is CN(C)[C@@H](CNC(=O)c1cc2ccccc2o1)c1ccco1. The lowest BCUT2D eigenvalue weighted by Gasteiger charge is -2.22. The molecule has 1 aromatic carbocycles. The maximum Gasteiger partial charge on any atom is 0.287 e. The van der Waals surface area contributed by atoms with Gasteiger partial charge in [-0.25, -0.2) is 0 Å². The van der Waals surface area contributed by atoms with Gasteiger partial charge in [-0.3, -0.25) is 9.69 Å². The summed E-state index contributed by atoms with van der Waals surface area (Å²) in [6.45, 7) is 0.441. The lowest BCUT2D eigenvalue weighted by molar-refractivity contribution is 0.0913. The first kappa shape index (κ1) is 14.4. The number of carbonyl (C=O) groups is 1. The van der Waals surface area contributed by atoms with E-state index in [0.717, 1.165) is 11.1 Å². The minimum absolute atomic E-state index is 0.0247. The Hall–Kier alpha value is -2.53. The maximum absolute atomic E-state index is 12.3. The number of nitrogens with zero attached hydrogens (tertiary/aromatic N) is 1. The molecule has 0 aliphatic rings. The Morgan fingerprint density at radius 1 is 1.23 bits per heavy atom. The van der Waals surface area contributed by atoms with Gasteiger partial charge >= 0.3 is 0 Å². The number of likely N-dealkylation sites (N-methyl/N-ethyl adjacent to an activating group) is 1. The summed E-state index contributed by atoms with van der Waals surface area (Å²) in [4.78, 5) is 14.3. The Bertz CT molecular complexity index is 726. The van der Waals surface area contributed by atoms with Gasteiger partial charge in [0.2, 0.25) is 0 Å². The molecule has 0 spiro atoms. The molecule has 0 fully saturated rings. The van der Waals surface area contributed by atoms with Gasteiger partial charge in [0.1, 0.15) is 11.3 Å². The van der Waals surface area contributed by atoms with Crippen LogP contribution in [0.5, 0.6) is 0 Å². The fourth-order valence-corrected chi connectivity index (χ4v) is 2.39. The molecule has 3 rings (SSSR count). The molecule has 3 aromatic rings. The van der Waals surface area contributed by atoms with Crippen LogP contribution < -0.4 is 5.32 Å². The Morgan fingerprint density at radius 2 is 2.05 bits per heavy atom. The van der Waals surface area contributed by atoms with Gasteiger partial charge in [-0.2, -0.15) is 0 Å². The second-order valence-corrected chi connectivity index (χ2v) is 5.35. The summed E-state index contributed by atoms with van der Waals surface area (Å²) in [6, 6.07) is 13.0. The van der Waals surface area contributed by atoms with Crippen molar-refractivity contribution in [3.05, 3.63) is 60.2 Å². The number of fused-ring (bicyclic) bond motifs is 1. The third kappa shape index (κ3) is 2.89. The molecule has 0 bridgehead atoms. The molecule has 0 aliphatic carbocycles. The minimum Gasteiger partial charge on any atom is -0.468 e. The van der Waals surface area contributed by atoms with Gasteiger partial charge in [-0.1, -0.05) is 18.2 Å². The Morgan fingerprint density at radius 3 is 2.73 bits per heavy atom. The van der Waals surface area contributed by atoms with E-state index in [9.17, 15) is 4.79 Å². The number of rotatable bonds is 5. The zero-order chi connectivity index (χ0) is 15.5. The average molecular weight is 298 g/mol. The van der Waals surface area contributed by atoms with Crippen molar-refractivity contribution in [2.24, 2.45) is 0 Å². The van der Waals surface area contributed by atoms with Gasteiger partial charge in [0.05, 0.1) is 12.3 Å². The monoisotopic (exact) mass is 298 g/mol. The van der Waals surface area contributed by atoms with Crippen molar-refractivity contribution in [1.29, 1.82) is 0 Å². The number of carbonyl (C=O) groups excluding carboxylic acids is 1. The van der Waals surface area contributed by atoms with Gasteiger partial charge in [0.25, 0.3) is 5.91 Å².